The van der Waals surface area contributed by atoms with Crippen molar-refractivity contribution in [2.45, 2.75) is 45.6 Å². The quantitative estimate of drug-likeness (QED) is 0.647. The standard InChI is InChI=1S/C12H20O/c1-10(2)12(13)11-8-6-4-3-5-7-9-11/h3-4,9-10,12-13H,5-8H2,1-2H3/b4-3-,11-9+. The fraction of sp³-hybridized carbons (Fsp3) is 0.667. The molecule has 0 amide bonds. The summed E-state index contributed by atoms with van der Waals surface area (Å²) in [5, 5.41) is 9.88. The molecule has 1 unspecified atom stereocenters. The molecule has 1 nitrogen and oxygen atoms in total. The van der Waals surface area contributed by atoms with Crippen molar-refractivity contribution in [3.8, 4) is 0 Å². The van der Waals surface area contributed by atoms with Crippen molar-refractivity contribution in [2.24, 2.45) is 5.92 Å². The molecule has 0 fully saturated rings. The Labute approximate surface area is 81.2 Å². The monoisotopic (exact) mass is 180 g/mol. The molecule has 0 saturated carbocycles. The molecule has 0 saturated heterocycles. The van der Waals surface area contributed by atoms with E-state index in [2.05, 4.69) is 32.1 Å². The summed E-state index contributed by atoms with van der Waals surface area (Å²) in [6.45, 7) is 4.14. The van der Waals surface area contributed by atoms with E-state index in [9.17, 15) is 5.11 Å². The highest BCUT2D eigenvalue weighted by molar-refractivity contribution is 5.12. The fourth-order valence-corrected chi connectivity index (χ4v) is 1.65. The highest BCUT2D eigenvalue weighted by Gasteiger charge is 2.14. The van der Waals surface area contributed by atoms with Gasteiger partial charge in [-0.25, -0.2) is 0 Å². The van der Waals surface area contributed by atoms with Crippen LogP contribution >= 0.6 is 0 Å². The zero-order chi connectivity index (χ0) is 9.68. The Morgan fingerprint density at radius 2 is 1.85 bits per heavy atom. The Morgan fingerprint density at radius 1 is 1.15 bits per heavy atom. The molecule has 0 aliphatic heterocycles. The molecule has 0 bridgehead atoms. The summed E-state index contributed by atoms with van der Waals surface area (Å²) < 4.78 is 0. The highest BCUT2D eigenvalue weighted by Crippen LogP contribution is 2.20. The van der Waals surface area contributed by atoms with Crippen LogP contribution in [0.1, 0.15) is 39.5 Å². The van der Waals surface area contributed by atoms with E-state index in [-0.39, 0.29) is 6.10 Å². The van der Waals surface area contributed by atoms with Gasteiger partial charge in [0.05, 0.1) is 6.10 Å². The van der Waals surface area contributed by atoms with E-state index in [1.165, 1.54) is 5.57 Å². The lowest BCUT2D eigenvalue weighted by Gasteiger charge is -2.19. The van der Waals surface area contributed by atoms with Gasteiger partial charge in [-0.15, -0.1) is 0 Å². The van der Waals surface area contributed by atoms with Crippen molar-refractivity contribution < 1.29 is 5.11 Å². The first-order valence-electron chi connectivity index (χ1n) is 5.24. The second kappa shape index (κ2) is 5.23. The Balaban J connectivity index is 2.56. The average Bonchev–Trinajstić information content (AvgIpc) is 2.02. The molecule has 0 heterocycles. The van der Waals surface area contributed by atoms with Crippen molar-refractivity contribution in [3.05, 3.63) is 23.8 Å². The van der Waals surface area contributed by atoms with Gasteiger partial charge in [0.2, 0.25) is 0 Å². The normalized spacial score (nSPS) is 27.2. The Morgan fingerprint density at radius 3 is 2.54 bits per heavy atom. The smallest absolute Gasteiger partial charge is 0.0773 e. The second-order valence-corrected chi connectivity index (χ2v) is 4.06. The van der Waals surface area contributed by atoms with Crippen LogP contribution in [0.3, 0.4) is 0 Å². The lowest BCUT2D eigenvalue weighted by molar-refractivity contribution is 0.156. The molecule has 0 spiro atoms. The molecule has 0 aromatic rings. The lowest BCUT2D eigenvalue weighted by Crippen LogP contribution is -2.17. The summed E-state index contributed by atoms with van der Waals surface area (Å²) >= 11 is 0. The first-order chi connectivity index (χ1) is 6.22. The molecule has 1 aliphatic carbocycles. The minimum absolute atomic E-state index is 0.230. The van der Waals surface area contributed by atoms with Crippen molar-refractivity contribution in [2.75, 3.05) is 0 Å². The Kier molecular flexibility index (Phi) is 4.23. The van der Waals surface area contributed by atoms with E-state index in [1.54, 1.807) is 0 Å². The molecule has 1 aliphatic rings. The number of aliphatic hydroxyl groups excluding tert-OH is 1. The zero-order valence-electron chi connectivity index (χ0n) is 8.66. The third-order valence-electron chi connectivity index (χ3n) is 2.52. The summed E-state index contributed by atoms with van der Waals surface area (Å²) in [4.78, 5) is 0. The molecule has 74 valence electrons. The van der Waals surface area contributed by atoms with Crippen molar-refractivity contribution in [1.29, 1.82) is 0 Å². The Hall–Kier alpha value is -0.560. The fourth-order valence-electron chi connectivity index (χ4n) is 1.65. The summed E-state index contributed by atoms with van der Waals surface area (Å²) in [5.74, 6) is 0.342. The maximum Gasteiger partial charge on any atom is 0.0773 e. The van der Waals surface area contributed by atoms with Crippen LogP contribution < -0.4 is 0 Å². The van der Waals surface area contributed by atoms with Crippen LogP contribution in [0.25, 0.3) is 0 Å². The van der Waals surface area contributed by atoms with Gasteiger partial charge in [-0.1, -0.05) is 32.1 Å². The second-order valence-electron chi connectivity index (χ2n) is 4.06. The number of hydrogen-bond acceptors (Lipinski definition) is 1. The third-order valence-corrected chi connectivity index (χ3v) is 2.52. The van der Waals surface area contributed by atoms with Crippen LogP contribution in [-0.4, -0.2) is 11.2 Å². The van der Waals surface area contributed by atoms with Gasteiger partial charge in [-0.05, 0) is 37.2 Å². The topological polar surface area (TPSA) is 20.2 Å². The van der Waals surface area contributed by atoms with Crippen LogP contribution in [0.5, 0.6) is 0 Å². The molecule has 0 aromatic heterocycles. The van der Waals surface area contributed by atoms with Crippen molar-refractivity contribution in [1.82, 2.24) is 0 Å². The molecule has 1 atom stereocenters. The Bertz CT molecular complexity index is 201. The van der Waals surface area contributed by atoms with E-state index in [4.69, 9.17) is 0 Å². The molecule has 1 heteroatoms. The van der Waals surface area contributed by atoms with Crippen LogP contribution in [0.15, 0.2) is 23.8 Å². The highest BCUT2D eigenvalue weighted by atomic mass is 16.3. The van der Waals surface area contributed by atoms with Crippen LogP contribution in [-0.2, 0) is 0 Å². The van der Waals surface area contributed by atoms with Gasteiger partial charge in [0.15, 0.2) is 0 Å². The van der Waals surface area contributed by atoms with Crippen LogP contribution in [0.4, 0.5) is 0 Å². The number of aliphatic hydroxyl groups is 1. The number of hydrogen-bond donors (Lipinski definition) is 1. The predicted octanol–water partition coefficient (Wildman–Crippen LogP) is 3.06. The molecular weight excluding hydrogens is 160 g/mol. The largest absolute Gasteiger partial charge is 0.388 e. The molecule has 1 rings (SSSR count). The van der Waals surface area contributed by atoms with Gasteiger partial charge in [-0.2, -0.15) is 0 Å². The molecule has 0 radical (unpaired) electrons. The molecule has 13 heavy (non-hydrogen) atoms. The SMILES string of the molecule is CC(C)C(O)/C1=C/CC/C=C\CC1. The summed E-state index contributed by atoms with van der Waals surface area (Å²) in [6, 6.07) is 0. The molecular formula is C12H20O. The molecule has 0 aromatic carbocycles. The zero-order valence-corrected chi connectivity index (χ0v) is 8.66. The van der Waals surface area contributed by atoms with Gasteiger partial charge in [0, 0.05) is 0 Å². The van der Waals surface area contributed by atoms with Gasteiger partial charge < -0.3 is 5.11 Å². The van der Waals surface area contributed by atoms with E-state index >= 15 is 0 Å². The maximum absolute atomic E-state index is 9.88. The summed E-state index contributed by atoms with van der Waals surface area (Å²) in [5.41, 5.74) is 1.24. The van der Waals surface area contributed by atoms with Crippen molar-refractivity contribution >= 4 is 0 Å². The van der Waals surface area contributed by atoms with E-state index in [0.717, 1.165) is 25.7 Å². The van der Waals surface area contributed by atoms with E-state index < -0.39 is 0 Å². The lowest BCUT2D eigenvalue weighted by atomic mass is 9.93. The van der Waals surface area contributed by atoms with E-state index in [0.29, 0.717) is 5.92 Å². The van der Waals surface area contributed by atoms with Gasteiger partial charge >= 0.3 is 0 Å². The van der Waals surface area contributed by atoms with Crippen LogP contribution in [0, 0.1) is 5.92 Å². The van der Waals surface area contributed by atoms with Crippen molar-refractivity contribution in [3.63, 3.8) is 0 Å². The van der Waals surface area contributed by atoms with Gasteiger partial charge in [0.1, 0.15) is 0 Å². The van der Waals surface area contributed by atoms with E-state index in [1.807, 2.05) is 0 Å². The summed E-state index contributed by atoms with van der Waals surface area (Å²) in [7, 11) is 0. The minimum Gasteiger partial charge on any atom is -0.388 e. The van der Waals surface area contributed by atoms with Gasteiger partial charge in [-0.3, -0.25) is 0 Å². The minimum atomic E-state index is -0.230. The first-order valence-corrected chi connectivity index (χ1v) is 5.24. The van der Waals surface area contributed by atoms with Crippen LogP contribution in [0.2, 0.25) is 0 Å². The third kappa shape index (κ3) is 3.35. The average molecular weight is 180 g/mol. The predicted molar refractivity (Wildman–Crippen MR) is 56.5 cm³/mol. The van der Waals surface area contributed by atoms with Gasteiger partial charge in [0.25, 0.3) is 0 Å². The maximum atomic E-state index is 9.88. The summed E-state index contributed by atoms with van der Waals surface area (Å²) in [6.07, 6.45) is 10.7. The number of rotatable bonds is 2. The number of allylic oxidation sites excluding steroid dienone is 3. The first kappa shape index (κ1) is 10.5. The molecule has 1 N–H and O–H groups in total.